The number of aryl methyl sites for hydroxylation is 2. The SMILES string of the molecule is Cc1cc(C)c2c(c1)=C(c1sc(Nc3ccc(S(N)(=O)=O)cc3)nc1O)C(=O)N=2. The number of aromatic hydroxyl groups is 1. The molecule has 29 heavy (non-hydrogen) atoms. The summed E-state index contributed by atoms with van der Waals surface area (Å²) in [6.07, 6.45) is 0. The molecule has 0 aliphatic carbocycles. The lowest BCUT2D eigenvalue weighted by Gasteiger charge is -2.03. The number of nitrogens with zero attached hydrogens (tertiary/aromatic N) is 2. The molecule has 3 aromatic rings. The molecule has 0 saturated heterocycles. The minimum atomic E-state index is -3.78. The van der Waals surface area contributed by atoms with Crippen molar-refractivity contribution < 1.29 is 18.3 Å². The molecule has 1 aliphatic heterocycles. The van der Waals surface area contributed by atoms with E-state index in [1.807, 2.05) is 26.0 Å². The summed E-state index contributed by atoms with van der Waals surface area (Å²) in [6, 6.07) is 9.60. The van der Waals surface area contributed by atoms with Crippen LogP contribution in [0.4, 0.5) is 10.8 Å². The third-order valence-corrected chi connectivity index (χ3v) is 6.32. The van der Waals surface area contributed by atoms with Crippen LogP contribution in [0.5, 0.6) is 5.88 Å². The Kier molecular flexibility index (Phi) is 4.49. The normalized spacial score (nSPS) is 13.3. The fourth-order valence-corrected chi connectivity index (χ4v) is 4.62. The number of amides is 1. The van der Waals surface area contributed by atoms with Crippen LogP contribution >= 0.6 is 11.3 Å². The first kappa shape index (κ1) is 19.2. The first-order valence-corrected chi connectivity index (χ1v) is 10.8. The molecular formula is C19H16N4O4S2. The van der Waals surface area contributed by atoms with Gasteiger partial charge in [0.15, 0.2) is 5.13 Å². The molecule has 2 heterocycles. The third-order valence-electron chi connectivity index (χ3n) is 4.41. The molecule has 1 aromatic heterocycles. The molecule has 0 radical (unpaired) electrons. The van der Waals surface area contributed by atoms with Crippen LogP contribution < -0.4 is 21.0 Å². The third kappa shape index (κ3) is 3.53. The van der Waals surface area contributed by atoms with Gasteiger partial charge in [-0.2, -0.15) is 4.98 Å². The Labute approximate surface area is 170 Å². The Morgan fingerprint density at radius 2 is 1.83 bits per heavy atom. The van der Waals surface area contributed by atoms with Crippen molar-refractivity contribution in [2.24, 2.45) is 10.1 Å². The van der Waals surface area contributed by atoms with Crippen LogP contribution in [0.2, 0.25) is 0 Å². The number of benzene rings is 2. The highest BCUT2D eigenvalue weighted by molar-refractivity contribution is 7.89. The molecule has 1 aliphatic rings. The Hall–Kier alpha value is -3.08. The lowest BCUT2D eigenvalue weighted by Crippen LogP contribution is -2.26. The number of carbonyl (C=O) groups excluding carboxylic acids is 1. The molecule has 10 heteroatoms. The number of hydrogen-bond donors (Lipinski definition) is 3. The highest BCUT2D eigenvalue weighted by Gasteiger charge is 2.25. The van der Waals surface area contributed by atoms with Crippen molar-refractivity contribution in [2.75, 3.05) is 5.32 Å². The predicted molar refractivity (Wildman–Crippen MR) is 109 cm³/mol. The summed E-state index contributed by atoms with van der Waals surface area (Å²) in [5.41, 5.74) is 2.75. The largest absolute Gasteiger partial charge is 0.492 e. The van der Waals surface area contributed by atoms with Gasteiger partial charge in [-0.1, -0.05) is 23.0 Å². The second-order valence-corrected chi connectivity index (χ2v) is 9.20. The van der Waals surface area contributed by atoms with E-state index in [4.69, 9.17) is 5.14 Å². The molecule has 2 aromatic carbocycles. The molecule has 0 unspecified atom stereocenters. The Bertz CT molecular complexity index is 1390. The number of nitrogens with two attached hydrogens (primary N) is 1. The van der Waals surface area contributed by atoms with E-state index in [1.54, 1.807) is 0 Å². The molecule has 4 N–H and O–H groups in total. The minimum absolute atomic E-state index is 0.0122. The Balaban J connectivity index is 1.74. The van der Waals surface area contributed by atoms with E-state index >= 15 is 0 Å². The van der Waals surface area contributed by atoms with Gasteiger partial charge >= 0.3 is 0 Å². The van der Waals surface area contributed by atoms with E-state index in [9.17, 15) is 18.3 Å². The highest BCUT2D eigenvalue weighted by Crippen LogP contribution is 2.35. The topological polar surface area (TPSA) is 135 Å². The maximum atomic E-state index is 12.5. The second kappa shape index (κ2) is 6.76. The fraction of sp³-hybridized carbons (Fsp3) is 0.105. The van der Waals surface area contributed by atoms with Crippen molar-refractivity contribution in [1.82, 2.24) is 4.98 Å². The van der Waals surface area contributed by atoms with Crippen molar-refractivity contribution in [3.05, 3.63) is 63.0 Å². The maximum Gasteiger partial charge on any atom is 0.279 e. The fourth-order valence-electron chi connectivity index (χ4n) is 3.17. The zero-order valence-corrected chi connectivity index (χ0v) is 17.1. The van der Waals surface area contributed by atoms with Crippen LogP contribution in [0, 0.1) is 13.8 Å². The average molecular weight is 428 g/mol. The number of nitrogens with one attached hydrogen (secondary N) is 1. The highest BCUT2D eigenvalue weighted by atomic mass is 32.2. The summed E-state index contributed by atoms with van der Waals surface area (Å²) in [4.78, 5) is 21.0. The van der Waals surface area contributed by atoms with E-state index in [1.165, 1.54) is 24.3 Å². The number of hydrogen-bond acceptors (Lipinski definition) is 7. The Morgan fingerprint density at radius 3 is 2.48 bits per heavy atom. The van der Waals surface area contributed by atoms with Gasteiger partial charge < -0.3 is 10.4 Å². The first-order valence-electron chi connectivity index (χ1n) is 8.48. The molecule has 0 fully saturated rings. The quantitative estimate of drug-likeness (QED) is 0.572. The van der Waals surface area contributed by atoms with Gasteiger partial charge in [0.2, 0.25) is 15.9 Å². The number of thiazole rings is 1. The zero-order chi connectivity index (χ0) is 20.9. The first-order chi connectivity index (χ1) is 13.6. The van der Waals surface area contributed by atoms with Crippen molar-refractivity contribution in [3.8, 4) is 5.88 Å². The lowest BCUT2D eigenvalue weighted by molar-refractivity contribution is -0.112. The van der Waals surface area contributed by atoms with Crippen molar-refractivity contribution in [3.63, 3.8) is 0 Å². The summed E-state index contributed by atoms with van der Waals surface area (Å²) in [5, 5.41) is 20.1. The minimum Gasteiger partial charge on any atom is -0.492 e. The maximum absolute atomic E-state index is 12.5. The molecule has 0 saturated carbocycles. The molecule has 0 atom stereocenters. The van der Waals surface area contributed by atoms with Gasteiger partial charge in [-0.25, -0.2) is 18.5 Å². The standard InChI is InChI=1S/C19H16N4O4S2/c1-9-7-10(2)15-13(8-9)14(17(24)22-15)16-18(25)23-19(28-16)21-11-3-5-12(6-4-11)29(20,26)27/h3-8,25H,1-2H3,(H,21,23)(H2,20,26,27). The van der Waals surface area contributed by atoms with Crippen LogP contribution in [-0.2, 0) is 14.8 Å². The van der Waals surface area contributed by atoms with Crippen LogP contribution in [0.1, 0.15) is 16.0 Å². The molecule has 8 nitrogen and oxygen atoms in total. The van der Waals surface area contributed by atoms with E-state index in [-0.39, 0.29) is 10.8 Å². The summed E-state index contributed by atoms with van der Waals surface area (Å²) >= 11 is 1.11. The number of fused-ring (bicyclic) bond motifs is 1. The molecule has 1 amide bonds. The predicted octanol–water partition coefficient (Wildman–Crippen LogP) is 1.22. The smallest absolute Gasteiger partial charge is 0.279 e. The van der Waals surface area contributed by atoms with Gasteiger partial charge in [-0.3, -0.25) is 4.79 Å². The van der Waals surface area contributed by atoms with Crippen LogP contribution in [-0.4, -0.2) is 24.4 Å². The summed E-state index contributed by atoms with van der Waals surface area (Å²) in [5.74, 6) is -0.694. The van der Waals surface area contributed by atoms with Crippen molar-refractivity contribution in [2.45, 2.75) is 18.7 Å². The van der Waals surface area contributed by atoms with Crippen LogP contribution in [0.25, 0.3) is 5.57 Å². The molecule has 0 bridgehead atoms. The number of sulfonamides is 1. The van der Waals surface area contributed by atoms with E-state index in [2.05, 4.69) is 15.3 Å². The van der Waals surface area contributed by atoms with Crippen molar-refractivity contribution in [1.29, 1.82) is 0 Å². The van der Waals surface area contributed by atoms with Gasteiger partial charge in [-0.05, 0) is 49.7 Å². The number of aromatic nitrogens is 1. The van der Waals surface area contributed by atoms with E-state index in [0.717, 1.165) is 22.5 Å². The Morgan fingerprint density at radius 1 is 1.14 bits per heavy atom. The van der Waals surface area contributed by atoms with Crippen LogP contribution in [0.3, 0.4) is 0 Å². The van der Waals surface area contributed by atoms with Gasteiger partial charge in [0, 0.05) is 10.9 Å². The summed E-state index contributed by atoms with van der Waals surface area (Å²) < 4.78 is 22.7. The number of carbonyl (C=O) groups is 1. The molecule has 0 spiro atoms. The average Bonchev–Trinajstić information content (AvgIpc) is 3.13. The van der Waals surface area contributed by atoms with Gasteiger partial charge in [0.1, 0.15) is 4.88 Å². The van der Waals surface area contributed by atoms with Gasteiger partial charge in [0.05, 0.1) is 15.8 Å². The van der Waals surface area contributed by atoms with E-state index < -0.39 is 15.9 Å². The second-order valence-electron chi connectivity index (χ2n) is 6.64. The monoisotopic (exact) mass is 428 g/mol. The number of anilines is 2. The summed E-state index contributed by atoms with van der Waals surface area (Å²) in [6.45, 7) is 3.81. The van der Waals surface area contributed by atoms with Crippen LogP contribution in [0.15, 0.2) is 46.3 Å². The molecule has 148 valence electrons. The van der Waals surface area contributed by atoms with Gasteiger partial charge in [0.25, 0.3) is 5.91 Å². The van der Waals surface area contributed by atoms with Gasteiger partial charge in [-0.15, -0.1) is 0 Å². The zero-order valence-electron chi connectivity index (χ0n) is 15.4. The van der Waals surface area contributed by atoms with Crippen molar-refractivity contribution >= 4 is 43.7 Å². The van der Waals surface area contributed by atoms with E-state index in [0.29, 0.717) is 31.8 Å². The number of primary sulfonamides is 1. The summed E-state index contributed by atoms with van der Waals surface area (Å²) in [7, 11) is -3.78. The number of rotatable bonds is 4. The molecule has 4 rings (SSSR count). The molecular weight excluding hydrogens is 412 g/mol. The lowest BCUT2D eigenvalue weighted by atomic mass is 10.1.